The van der Waals surface area contributed by atoms with Gasteiger partial charge in [0.25, 0.3) is 5.92 Å². The van der Waals surface area contributed by atoms with Gasteiger partial charge in [0.1, 0.15) is 10.9 Å². The molecule has 190 valence electrons. The van der Waals surface area contributed by atoms with Gasteiger partial charge in [-0.05, 0) is 43.8 Å². The summed E-state index contributed by atoms with van der Waals surface area (Å²) in [4.78, 5) is 22.4. The van der Waals surface area contributed by atoms with E-state index in [1.165, 1.54) is 17.6 Å². The average Bonchev–Trinajstić information content (AvgIpc) is 3.26. The Kier molecular flexibility index (Phi) is 8.77. The summed E-state index contributed by atoms with van der Waals surface area (Å²) >= 11 is 1.35. The molecule has 0 saturated heterocycles. The number of rotatable bonds is 8. The van der Waals surface area contributed by atoms with Crippen molar-refractivity contribution in [3.05, 3.63) is 74.6 Å². The fraction of sp³-hybridized carbons (Fsp3) is 0.370. The van der Waals surface area contributed by atoms with E-state index in [0.29, 0.717) is 36.6 Å². The van der Waals surface area contributed by atoms with Gasteiger partial charge in [0.15, 0.2) is 0 Å². The maximum atomic E-state index is 14.3. The van der Waals surface area contributed by atoms with E-state index in [4.69, 9.17) is 5.73 Å². The molecule has 1 aromatic heterocycles. The summed E-state index contributed by atoms with van der Waals surface area (Å²) in [5, 5.41) is 9.53. The Labute approximate surface area is 215 Å². The number of aliphatic imine (C=N–C) groups is 1. The van der Waals surface area contributed by atoms with Gasteiger partial charge in [-0.15, -0.1) is 11.3 Å². The number of hydrogen-bond acceptors (Lipinski definition) is 6. The highest BCUT2D eigenvalue weighted by Gasteiger charge is 2.34. The maximum absolute atomic E-state index is 14.3. The minimum absolute atomic E-state index is 0.139. The zero-order valence-corrected chi connectivity index (χ0v) is 21.8. The molecule has 9 heteroatoms. The molecular formula is C27H31F2N5OS. The number of alkyl halides is 2. The molecule has 2 N–H and O–H groups in total. The molecule has 0 saturated carbocycles. The lowest BCUT2D eigenvalue weighted by molar-refractivity contribution is -0.127. The standard InChI is InChI=1S/C27H31F2N5OS/c1-5-32-15-22(26(31)27(2,28)29)19-9-6-7-10-20(19)23-16-34(25(35)11-8-12-33(3)4)17-24-21(23)13-18(14-30)36-24/h6-11,13,15,23H,5,12,16-17,31H2,1-4H3/b11-8+,26-22?,32-15?/t23-/m0/s1. The Hall–Kier alpha value is -3.35. The first-order chi connectivity index (χ1) is 17.1. The van der Waals surface area contributed by atoms with E-state index in [0.717, 1.165) is 22.9 Å². The molecule has 36 heavy (non-hydrogen) atoms. The second-order valence-corrected chi connectivity index (χ2v) is 10.1. The molecule has 6 nitrogen and oxygen atoms in total. The third-order valence-corrected chi connectivity index (χ3v) is 6.94. The van der Waals surface area contributed by atoms with Crippen LogP contribution in [0.25, 0.3) is 5.57 Å². The predicted octanol–water partition coefficient (Wildman–Crippen LogP) is 4.63. The van der Waals surface area contributed by atoms with Crippen LogP contribution in [0.15, 0.2) is 53.2 Å². The van der Waals surface area contributed by atoms with Gasteiger partial charge >= 0.3 is 0 Å². The lowest BCUT2D eigenvalue weighted by Gasteiger charge is -2.34. The summed E-state index contributed by atoms with van der Waals surface area (Å²) in [6.07, 6.45) is 4.76. The number of nitrogens with two attached hydrogens (primary N) is 1. The summed E-state index contributed by atoms with van der Waals surface area (Å²) in [7, 11) is 3.84. The first kappa shape index (κ1) is 27.2. The Morgan fingerprint density at radius 3 is 2.72 bits per heavy atom. The summed E-state index contributed by atoms with van der Waals surface area (Å²) < 4.78 is 28.7. The number of allylic oxidation sites excluding steroid dienone is 2. The number of nitriles is 1. The number of thiophene rings is 1. The van der Waals surface area contributed by atoms with Crippen molar-refractivity contribution in [3.63, 3.8) is 0 Å². The number of nitrogens with zero attached hydrogens (tertiary/aromatic N) is 4. The van der Waals surface area contributed by atoms with Gasteiger partial charge in [-0.25, -0.2) is 8.78 Å². The number of carbonyl (C=O) groups excluding carboxylic acids is 1. The summed E-state index contributed by atoms with van der Waals surface area (Å²) in [6.45, 7) is 4.36. The van der Waals surface area contributed by atoms with Crippen molar-refractivity contribution in [1.29, 1.82) is 5.26 Å². The van der Waals surface area contributed by atoms with Crippen LogP contribution in [0.4, 0.5) is 8.78 Å². The predicted molar refractivity (Wildman–Crippen MR) is 141 cm³/mol. The Morgan fingerprint density at radius 2 is 2.08 bits per heavy atom. The highest BCUT2D eigenvalue weighted by Crippen LogP contribution is 2.41. The second-order valence-electron chi connectivity index (χ2n) is 8.97. The van der Waals surface area contributed by atoms with Gasteiger partial charge < -0.3 is 15.5 Å². The fourth-order valence-electron chi connectivity index (χ4n) is 4.13. The summed E-state index contributed by atoms with van der Waals surface area (Å²) in [6, 6.07) is 11.3. The largest absolute Gasteiger partial charge is 0.397 e. The third-order valence-electron chi connectivity index (χ3n) is 5.90. The van der Waals surface area contributed by atoms with Crippen LogP contribution in [0.2, 0.25) is 0 Å². The van der Waals surface area contributed by atoms with Gasteiger partial charge in [0.05, 0.1) is 12.2 Å². The van der Waals surface area contributed by atoms with Crippen molar-refractivity contribution in [2.24, 2.45) is 10.7 Å². The lowest BCUT2D eigenvalue weighted by Crippen LogP contribution is -2.37. The molecule has 1 atom stereocenters. The van der Waals surface area contributed by atoms with Gasteiger partial charge in [-0.2, -0.15) is 5.26 Å². The minimum atomic E-state index is -3.24. The van der Waals surface area contributed by atoms with Gasteiger partial charge in [0, 0.05) is 55.2 Å². The van der Waals surface area contributed by atoms with E-state index in [1.54, 1.807) is 23.1 Å². The summed E-state index contributed by atoms with van der Waals surface area (Å²) in [5.41, 5.74) is 7.77. The molecule has 2 heterocycles. The number of likely N-dealkylation sites (N-methyl/N-ethyl adjacent to an activating group) is 1. The first-order valence-electron chi connectivity index (χ1n) is 11.7. The van der Waals surface area contributed by atoms with Crippen molar-refractivity contribution in [3.8, 4) is 6.07 Å². The lowest BCUT2D eigenvalue weighted by atomic mass is 9.83. The molecular weight excluding hydrogens is 480 g/mol. The van der Waals surface area contributed by atoms with E-state index < -0.39 is 11.6 Å². The highest BCUT2D eigenvalue weighted by atomic mass is 32.1. The molecule has 0 radical (unpaired) electrons. The second kappa shape index (κ2) is 11.6. The minimum Gasteiger partial charge on any atom is -0.397 e. The maximum Gasteiger partial charge on any atom is 0.285 e. The molecule has 1 aromatic carbocycles. The number of carbonyl (C=O) groups is 1. The zero-order valence-electron chi connectivity index (χ0n) is 21.0. The Morgan fingerprint density at radius 1 is 1.36 bits per heavy atom. The number of fused-ring (bicyclic) bond motifs is 1. The van der Waals surface area contributed by atoms with Gasteiger partial charge in [-0.3, -0.25) is 9.79 Å². The molecule has 1 aliphatic rings. The van der Waals surface area contributed by atoms with Crippen LogP contribution in [-0.2, 0) is 11.3 Å². The van der Waals surface area contributed by atoms with Crippen LogP contribution in [-0.4, -0.2) is 61.6 Å². The molecule has 0 bridgehead atoms. The van der Waals surface area contributed by atoms with Crippen LogP contribution in [0.5, 0.6) is 0 Å². The molecule has 0 fully saturated rings. The number of benzene rings is 1. The third kappa shape index (κ3) is 6.25. The van der Waals surface area contributed by atoms with Crippen molar-refractivity contribution in [2.45, 2.75) is 32.2 Å². The van der Waals surface area contributed by atoms with E-state index in [1.807, 2.05) is 50.2 Å². The van der Waals surface area contributed by atoms with Crippen molar-refractivity contribution >= 4 is 29.0 Å². The summed E-state index contributed by atoms with van der Waals surface area (Å²) in [5.74, 6) is -3.70. The molecule has 3 rings (SSSR count). The fourth-order valence-corrected chi connectivity index (χ4v) is 5.16. The number of hydrogen-bond donors (Lipinski definition) is 1. The number of amides is 1. The van der Waals surface area contributed by atoms with Crippen molar-refractivity contribution in [1.82, 2.24) is 9.80 Å². The topological polar surface area (TPSA) is 85.7 Å². The quantitative estimate of drug-likeness (QED) is 0.414. The van der Waals surface area contributed by atoms with Crippen LogP contribution >= 0.6 is 11.3 Å². The van der Waals surface area contributed by atoms with E-state index in [-0.39, 0.29) is 17.4 Å². The van der Waals surface area contributed by atoms with Crippen LogP contribution in [0, 0.1) is 11.3 Å². The molecule has 0 spiro atoms. The van der Waals surface area contributed by atoms with Crippen molar-refractivity contribution < 1.29 is 13.6 Å². The smallest absolute Gasteiger partial charge is 0.285 e. The molecule has 0 unspecified atom stereocenters. The van der Waals surface area contributed by atoms with Gasteiger partial charge in [-0.1, -0.05) is 30.3 Å². The zero-order chi connectivity index (χ0) is 26.5. The van der Waals surface area contributed by atoms with Crippen LogP contribution < -0.4 is 5.73 Å². The van der Waals surface area contributed by atoms with E-state index >= 15 is 0 Å². The normalized spacial score (nSPS) is 16.9. The first-order valence-corrected chi connectivity index (χ1v) is 12.5. The monoisotopic (exact) mass is 511 g/mol. The molecule has 1 aliphatic heterocycles. The average molecular weight is 512 g/mol. The highest BCUT2D eigenvalue weighted by molar-refractivity contribution is 7.12. The van der Waals surface area contributed by atoms with Crippen molar-refractivity contribution in [2.75, 3.05) is 33.7 Å². The van der Waals surface area contributed by atoms with Crippen LogP contribution in [0.1, 0.15) is 46.2 Å². The molecule has 0 aliphatic carbocycles. The number of halogens is 2. The molecule has 2 aromatic rings. The van der Waals surface area contributed by atoms with E-state index in [9.17, 15) is 18.8 Å². The Balaban J connectivity index is 2.14. The van der Waals surface area contributed by atoms with Crippen LogP contribution in [0.3, 0.4) is 0 Å². The van der Waals surface area contributed by atoms with Gasteiger partial charge in [0.2, 0.25) is 5.91 Å². The van der Waals surface area contributed by atoms with E-state index in [2.05, 4.69) is 11.1 Å². The SMILES string of the molecule is CCN=CC(=C(N)C(C)(F)F)c1ccccc1[C@@H]1CN(C(=O)/C=C/CN(C)C)Cc2sc(C#N)cc21. The Bertz CT molecular complexity index is 1230. The molecule has 1 amide bonds.